The molecule has 130 valence electrons. The maximum absolute atomic E-state index is 9.89. The van der Waals surface area contributed by atoms with Crippen molar-refractivity contribution in [2.75, 3.05) is 33.2 Å². The first-order valence-electron chi connectivity index (χ1n) is 8.75. The first-order valence-corrected chi connectivity index (χ1v) is 9.19. The molecule has 0 aromatic heterocycles. The lowest BCUT2D eigenvalue weighted by molar-refractivity contribution is 0.136. The van der Waals surface area contributed by atoms with Crippen molar-refractivity contribution in [3.63, 3.8) is 0 Å². The average molecular weight is 350 g/mol. The highest BCUT2D eigenvalue weighted by Crippen LogP contribution is 2.36. The Morgan fingerprint density at radius 3 is 2.79 bits per heavy atom. The van der Waals surface area contributed by atoms with E-state index in [2.05, 4.69) is 16.8 Å². The number of aromatic hydroxyl groups is 1. The minimum Gasteiger partial charge on any atom is -0.508 e. The quantitative estimate of drug-likeness (QED) is 0.730. The molecule has 3 atom stereocenters. The van der Waals surface area contributed by atoms with Gasteiger partial charge in [0.25, 0.3) is 0 Å². The highest BCUT2D eigenvalue weighted by Gasteiger charge is 2.36. The molecule has 2 unspecified atom stereocenters. The third-order valence-corrected chi connectivity index (χ3v) is 5.66. The Morgan fingerprint density at radius 2 is 2.00 bits per heavy atom. The summed E-state index contributed by atoms with van der Waals surface area (Å²) >= 11 is 6.39. The molecular formula is C18H24ClN3O2. The molecule has 2 fully saturated rings. The molecule has 1 aromatic carbocycles. The van der Waals surface area contributed by atoms with Crippen LogP contribution in [0.2, 0.25) is 0 Å². The lowest BCUT2D eigenvalue weighted by Gasteiger charge is -2.35. The van der Waals surface area contributed by atoms with Gasteiger partial charge in [0.15, 0.2) is 0 Å². The molecule has 1 aliphatic carbocycles. The Morgan fingerprint density at radius 1 is 1.21 bits per heavy atom. The summed E-state index contributed by atoms with van der Waals surface area (Å²) in [5, 5.41) is 10.1. The number of halogens is 1. The van der Waals surface area contributed by atoms with Crippen LogP contribution in [0, 0.1) is 0 Å². The van der Waals surface area contributed by atoms with E-state index in [1.54, 1.807) is 12.1 Å². The molecule has 6 heteroatoms. The Labute approximate surface area is 147 Å². The molecule has 0 radical (unpaired) electrons. The van der Waals surface area contributed by atoms with Crippen LogP contribution in [-0.2, 0) is 0 Å². The lowest BCUT2D eigenvalue weighted by atomic mass is 9.92. The number of phenolic OH excluding ortho intramolecular Hbond substituents is 1. The number of hydrogen-bond acceptors (Lipinski definition) is 5. The van der Waals surface area contributed by atoms with Crippen molar-refractivity contribution < 1.29 is 9.84 Å². The molecule has 0 spiro atoms. The molecular weight excluding hydrogens is 326 g/mol. The Balaban J connectivity index is 1.72. The smallest absolute Gasteiger partial charge is 0.135 e. The number of hydrogen-bond donors (Lipinski definition) is 1. The second-order valence-corrected chi connectivity index (χ2v) is 7.67. The van der Waals surface area contributed by atoms with Gasteiger partial charge in [-0.2, -0.15) is 0 Å². The summed E-state index contributed by atoms with van der Waals surface area (Å²) in [6, 6.07) is 5.45. The molecule has 1 N–H and O–H groups in total. The predicted octanol–water partition coefficient (Wildman–Crippen LogP) is 2.31. The molecule has 1 saturated heterocycles. The summed E-state index contributed by atoms with van der Waals surface area (Å²) in [4.78, 5) is 9.78. The van der Waals surface area contributed by atoms with Gasteiger partial charge in [-0.1, -0.05) is 0 Å². The van der Waals surface area contributed by atoms with Crippen LogP contribution in [0.25, 0.3) is 0 Å². The van der Waals surface area contributed by atoms with Crippen LogP contribution in [0.4, 0.5) is 0 Å². The molecule has 2 heterocycles. The standard InChI is InChI=1S/C18H24ClN3O2/c1-21-6-8-22(9-7-21)18-14-4-3-13(23)11-17(14)24-16-5-2-12(19)10-15(16)20-18/h3-4,11-12,15-16,23H,2,5-10H2,1H3/t12-,15?,16?/m1/s1. The fourth-order valence-electron chi connectivity index (χ4n) is 3.80. The second-order valence-electron chi connectivity index (χ2n) is 7.06. The van der Waals surface area contributed by atoms with Crippen molar-refractivity contribution in [3.05, 3.63) is 23.8 Å². The molecule has 24 heavy (non-hydrogen) atoms. The monoisotopic (exact) mass is 349 g/mol. The number of piperazine rings is 1. The number of rotatable bonds is 0. The van der Waals surface area contributed by atoms with E-state index < -0.39 is 0 Å². The van der Waals surface area contributed by atoms with Crippen molar-refractivity contribution in [2.24, 2.45) is 4.99 Å². The van der Waals surface area contributed by atoms with Crippen molar-refractivity contribution in [2.45, 2.75) is 36.8 Å². The minimum atomic E-state index is 0.0468. The number of aliphatic imine (C=N–C) groups is 1. The normalized spacial score (nSPS) is 30.7. The number of fused-ring (bicyclic) bond motifs is 2. The predicted molar refractivity (Wildman–Crippen MR) is 95.4 cm³/mol. The van der Waals surface area contributed by atoms with E-state index in [1.807, 2.05) is 6.07 Å². The highest BCUT2D eigenvalue weighted by atomic mass is 35.5. The number of nitrogens with zero attached hydrogens (tertiary/aromatic N) is 3. The van der Waals surface area contributed by atoms with E-state index in [9.17, 15) is 5.11 Å². The number of phenols is 1. The third kappa shape index (κ3) is 3.07. The minimum absolute atomic E-state index is 0.0468. The van der Waals surface area contributed by atoms with Gasteiger partial charge in [-0.15, -0.1) is 11.6 Å². The molecule has 4 rings (SSSR count). The van der Waals surface area contributed by atoms with Gasteiger partial charge in [-0.25, -0.2) is 0 Å². The van der Waals surface area contributed by atoms with Gasteiger partial charge in [0.2, 0.25) is 0 Å². The summed E-state index contributed by atoms with van der Waals surface area (Å²) in [5.74, 6) is 1.97. The van der Waals surface area contributed by atoms with Crippen LogP contribution in [0.1, 0.15) is 24.8 Å². The zero-order chi connectivity index (χ0) is 16.7. The Bertz CT molecular complexity index is 643. The molecule has 3 aliphatic rings. The highest BCUT2D eigenvalue weighted by molar-refractivity contribution is 6.20. The molecule has 1 aromatic rings. The van der Waals surface area contributed by atoms with E-state index in [0.717, 1.165) is 62.6 Å². The zero-order valence-electron chi connectivity index (χ0n) is 14.0. The molecule has 5 nitrogen and oxygen atoms in total. The number of benzene rings is 1. The zero-order valence-corrected chi connectivity index (χ0v) is 14.7. The lowest BCUT2D eigenvalue weighted by Crippen LogP contribution is -2.48. The van der Waals surface area contributed by atoms with E-state index in [4.69, 9.17) is 21.3 Å². The third-order valence-electron chi connectivity index (χ3n) is 5.27. The van der Waals surface area contributed by atoms with E-state index in [1.165, 1.54) is 0 Å². The first kappa shape index (κ1) is 16.0. The number of alkyl halides is 1. The Kier molecular flexibility index (Phi) is 4.31. The summed E-state index contributed by atoms with van der Waals surface area (Å²) in [5.41, 5.74) is 0.984. The van der Waals surface area contributed by atoms with Crippen LogP contribution in [-0.4, -0.2) is 71.5 Å². The van der Waals surface area contributed by atoms with Gasteiger partial charge in [0.05, 0.1) is 11.6 Å². The van der Waals surface area contributed by atoms with Crippen LogP contribution in [0.5, 0.6) is 11.5 Å². The summed E-state index contributed by atoms with van der Waals surface area (Å²) < 4.78 is 6.26. The fourth-order valence-corrected chi connectivity index (χ4v) is 4.10. The molecule has 2 aliphatic heterocycles. The van der Waals surface area contributed by atoms with Gasteiger partial charge >= 0.3 is 0 Å². The van der Waals surface area contributed by atoms with Gasteiger partial charge in [-0.3, -0.25) is 4.99 Å². The van der Waals surface area contributed by atoms with E-state index >= 15 is 0 Å². The molecule has 0 amide bonds. The fraction of sp³-hybridized carbons (Fsp3) is 0.611. The number of amidine groups is 1. The SMILES string of the molecule is CN1CCN(C2=NC3C[C@H](Cl)CCC3Oc3cc(O)ccc32)CC1. The van der Waals surface area contributed by atoms with Gasteiger partial charge in [0.1, 0.15) is 23.4 Å². The van der Waals surface area contributed by atoms with Crippen LogP contribution >= 0.6 is 11.6 Å². The van der Waals surface area contributed by atoms with Crippen molar-refractivity contribution >= 4 is 17.4 Å². The Hall–Kier alpha value is -1.46. The van der Waals surface area contributed by atoms with Gasteiger partial charge in [0, 0.05) is 37.6 Å². The summed E-state index contributed by atoms with van der Waals surface area (Å²) in [6.07, 6.45) is 2.76. The van der Waals surface area contributed by atoms with Crippen LogP contribution in [0.3, 0.4) is 0 Å². The van der Waals surface area contributed by atoms with Crippen LogP contribution in [0.15, 0.2) is 23.2 Å². The topological polar surface area (TPSA) is 48.3 Å². The maximum atomic E-state index is 9.89. The summed E-state index contributed by atoms with van der Waals surface area (Å²) in [7, 11) is 2.15. The van der Waals surface area contributed by atoms with E-state index in [0.29, 0.717) is 0 Å². The molecule has 1 saturated carbocycles. The number of ether oxygens (including phenoxy) is 1. The number of likely N-dealkylation sites (N-methyl/N-ethyl adjacent to an activating group) is 1. The second kappa shape index (κ2) is 6.45. The van der Waals surface area contributed by atoms with Gasteiger partial charge < -0.3 is 19.6 Å². The van der Waals surface area contributed by atoms with Crippen LogP contribution < -0.4 is 4.74 Å². The van der Waals surface area contributed by atoms with E-state index in [-0.39, 0.29) is 23.3 Å². The van der Waals surface area contributed by atoms with Crippen molar-refractivity contribution in [1.82, 2.24) is 9.80 Å². The average Bonchev–Trinajstić information content (AvgIpc) is 2.71. The maximum Gasteiger partial charge on any atom is 0.135 e. The first-order chi connectivity index (χ1) is 11.6. The van der Waals surface area contributed by atoms with Crippen molar-refractivity contribution in [1.29, 1.82) is 0 Å². The van der Waals surface area contributed by atoms with Crippen molar-refractivity contribution in [3.8, 4) is 11.5 Å². The van der Waals surface area contributed by atoms with Gasteiger partial charge in [-0.05, 0) is 38.4 Å². The summed E-state index contributed by atoms with van der Waals surface area (Å²) in [6.45, 7) is 3.97. The largest absolute Gasteiger partial charge is 0.508 e. The molecule has 0 bridgehead atoms.